The van der Waals surface area contributed by atoms with Crippen molar-refractivity contribution in [2.45, 2.75) is 18.9 Å². The fourth-order valence-electron chi connectivity index (χ4n) is 1.98. The molecule has 2 rings (SSSR count). The Morgan fingerprint density at radius 1 is 1.40 bits per heavy atom. The first-order valence-corrected chi connectivity index (χ1v) is 5.23. The third kappa shape index (κ3) is 1.88. The van der Waals surface area contributed by atoms with Crippen LogP contribution < -0.4 is 5.32 Å². The Hall–Kier alpha value is -1.35. The molecule has 1 heterocycles. The molecule has 0 aliphatic carbocycles. The van der Waals surface area contributed by atoms with Gasteiger partial charge in [0.25, 0.3) is 0 Å². The minimum atomic E-state index is -0.0719. The Morgan fingerprint density at radius 2 is 2.07 bits per heavy atom. The first-order chi connectivity index (χ1) is 7.20. The lowest BCUT2D eigenvalue weighted by Gasteiger charge is -2.17. The van der Waals surface area contributed by atoms with E-state index in [1.807, 2.05) is 25.2 Å². The van der Waals surface area contributed by atoms with Gasteiger partial charge < -0.3 is 4.90 Å². The first-order valence-electron chi connectivity index (χ1n) is 5.23. The maximum atomic E-state index is 11.8. The average Bonchev–Trinajstić information content (AvgIpc) is 2.60. The number of likely N-dealkylation sites (N-methyl/N-ethyl adjacent to an activating group) is 1. The van der Waals surface area contributed by atoms with Crippen molar-refractivity contribution < 1.29 is 4.79 Å². The fraction of sp³-hybridized carbons (Fsp3) is 0.417. The average molecular weight is 204 g/mol. The summed E-state index contributed by atoms with van der Waals surface area (Å²) < 4.78 is 0. The van der Waals surface area contributed by atoms with Crippen molar-refractivity contribution in [1.82, 2.24) is 10.2 Å². The summed E-state index contributed by atoms with van der Waals surface area (Å²) >= 11 is 0. The number of benzene rings is 1. The van der Waals surface area contributed by atoms with Crippen molar-refractivity contribution in [2.24, 2.45) is 0 Å². The molecule has 1 aromatic carbocycles. The van der Waals surface area contributed by atoms with Gasteiger partial charge in [0.05, 0.1) is 12.7 Å². The predicted octanol–water partition coefficient (Wildman–Crippen LogP) is 1.18. The van der Waals surface area contributed by atoms with E-state index in [9.17, 15) is 4.79 Å². The molecule has 1 saturated heterocycles. The monoisotopic (exact) mass is 204 g/mol. The van der Waals surface area contributed by atoms with E-state index in [1.54, 1.807) is 4.90 Å². The van der Waals surface area contributed by atoms with Gasteiger partial charge in [-0.25, -0.2) is 0 Å². The second-order valence-electron chi connectivity index (χ2n) is 4.08. The molecule has 0 aromatic heterocycles. The number of hydrogen-bond acceptors (Lipinski definition) is 2. The zero-order valence-corrected chi connectivity index (χ0v) is 9.10. The Bertz CT molecular complexity index is 350. The summed E-state index contributed by atoms with van der Waals surface area (Å²) in [6, 6.07) is 10.1. The van der Waals surface area contributed by atoms with Crippen LogP contribution in [0.5, 0.6) is 0 Å². The van der Waals surface area contributed by atoms with Gasteiger partial charge in [-0.05, 0) is 5.56 Å². The Balaban J connectivity index is 2.16. The molecule has 1 amide bonds. The summed E-state index contributed by atoms with van der Waals surface area (Å²) in [4.78, 5) is 13.5. The third-order valence-electron chi connectivity index (χ3n) is 3.02. The molecule has 2 atom stereocenters. The van der Waals surface area contributed by atoms with E-state index in [-0.39, 0.29) is 17.9 Å². The number of carbonyl (C=O) groups is 1. The van der Waals surface area contributed by atoms with Gasteiger partial charge in [0.2, 0.25) is 5.91 Å². The van der Waals surface area contributed by atoms with E-state index in [4.69, 9.17) is 0 Å². The van der Waals surface area contributed by atoms with Crippen LogP contribution in [0, 0.1) is 0 Å². The highest BCUT2D eigenvalue weighted by Crippen LogP contribution is 2.22. The van der Waals surface area contributed by atoms with Gasteiger partial charge in [-0.15, -0.1) is 0 Å². The lowest BCUT2D eigenvalue weighted by molar-refractivity contribution is -0.128. The molecular weight excluding hydrogens is 188 g/mol. The largest absolute Gasteiger partial charge is 0.332 e. The standard InChI is InChI=1S/C12H16N2O/c1-9(10-6-4-3-5-7-10)11-12(15)14(2)8-13-11/h3-7,9,11,13H,8H2,1-2H3/t9-,11+/m1/s1. The molecule has 1 aliphatic heterocycles. The van der Waals surface area contributed by atoms with Gasteiger partial charge in [-0.1, -0.05) is 37.3 Å². The lowest BCUT2D eigenvalue weighted by atomic mass is 9.93. The minimum absolute atomic E-state index is 0.0719. The molecular formula is C12H16N2O. The maximum absolute atomic E-state index is 11.8. The SMILES string of the molecule is C[C@H](c1ccccc1)[C@@H]1NCN(C)C1=O. The van der Waals surface area contributed by atoms with Crippen molar-refractivity contribution in [1.29, 1.82) is 0 Å². The van der Waals surface area contributed by atoms with E-state index < -0.39 is 0 Å². The highest BCUT2D eigenvalue weighted by atomic mass is 16.2. The van der Waals surface area contributed by atoms with Gasteiger partial charge in [-0.3, -0.25) is 10.1 Å². The Kier molecular flexibility index (Phi) is 2.73. The normalized spacial score (nSPS) is 23.2. The smallest absolute Gasteiger partial charge is 0.241 e. The summed E-state index contributed by atoms with van der Waals surface area (Å²) in [5.74, 6) is 0.412. The Morgan fingerprint density at radius 3 is 2.60 bits per heavy atom. The first kappa shape index (κ1) is 10.2. The van der Waals surface area contributed by atoms with Crippen LogP contribution in [-0.4, -0.2) is 30.6 Å². The highest BCUT2D eigenvalue weighted by molar-refractivity contribution is 5.84. The zero-order chi connectivity index (χ0) is 10.8. The predicted molar refractivity (Wildman–Crippen MR) is 59.4 cm³/mol. The number of carbonyl (C=O) groups excluding carboxylic acids is 1. The molecule has 1 aliphatic rings. The molecule has 0 spiro atoms. The Labute approximate surface area is 90.1 Å². The zero-order valence-electron chi connectivity index (χ0n) is 9.10. The van der Waals surface area contributed by atoms with E-state index in [0.29, 0.717) is 6.67 Å². The van der Waals surface area contributed by atoms with E-state index in [2.05, 4.69) is 24.4 Å². The van der Waals surface area contributed by atoms with Gasteiger partial charge >= 0.3 is 0 Å². The highest BCUT2D eigenvalue weighted by Gasteiger charge is 2.33. The number of hydrogen-bond donors (Lipinski definition) is 1. The molecule has 0 bridgehead atoms. The van der Waals surface area contributed by atoms with Crippen LogP contribution in [-0.2, 0) is 4.79 Å². The van der Waals surface area contributed by atoms with Crippen molar-refractivity contribution in [2.75, 3.05) is 13.7 Å². The van der Waals surface area contributed by atoms with Crippen molar-refractivity contribution in [3.8, 4) is 0 Å². The van der Waals surface area contributed by atoms with Crippen LogP contribution in [0.3, 0.4) is 0 Å². The second kappa shape index (κ2) is 4.03. The summed E-state index contributed by atoms with van der Waals surface area (Å²) in [5.41, 5.74) is 1.21. The van der Waals surface area contributed by atoms with Crippen LogP contribution in [0.1, 0.15) is 18.4 Å². The van der Waals surface area contributed by atoms with Crippen molar-refractivity contribution in [3.05, 3.63) is 35.9 Å². The van der Waals surface area contributed by atoms with E-state index in [0.717, 1.165) is 0 Å². The molecule has 0 saturated carbocycles. The molecule has 1 fully saturated rings. The number of nitrogens with zero attached hydrogens (tertiary/aromatic N) is 1. The van der Waals surface area contributed by atoms with Crippen LogP contribution in [0.2, 0.25) is 0 Å². The van der Waals surface area contributed by atoms with Gasteiger partial charge in [-0.2, -0.15) is 0 Å². The fourth-order valence-corrected chi connectivity index (χ4v) is 1.98. The molecule has 0 unspecified atom stereocenters. The molecule has 0 radical (unpaired) electrons. The molecule has 3 heteroatoms. The second-order valence-corrected chi connectivity index (χ2v) is 4.08. The van der Waals surface area contributed by atoms with Crippen molar-refractivity contribution >= 4 is 5.91 Å². The van der Waals surface area contributed by atoms with E-state index >= 15 is 0 Å². The summed E-state index contributed by atoms with van der Waals surface area (Å²) in [6.45, 7) is 2.74. The van der Waals surface area contributed by atoms with E-state index in [1.165, 1.54) is 5.56 Å². The van der Waals surface area contributed by atoms with Crippen LogP contribution in [0.25, 0.3) is 0 Å². The van der Waals surface area contributed by atoms with Gasteiger partial charge in [0, 0.05) is 13.0 Å². The summed E-state index contributed by atoms with van der Waals surface area (Å²) in [6.07, 6.45) is 0. The molecule has 1 N–H and O–H groups in total. The molecule has 15 heavy (non-hydrogen) atoms. The topological polar surface area (TPSA) is 32.3 Å². The van der Waals surface area contributed by atoms with Crippen LogP contribution in [0.4, 0.5) is 0 Å². The van der Waals surface area contributed by atoms with Crippen LogP contribution >= 0.6 is 0 Å². The summed E-state index contributed by atoms with van der Waals surface area (Å²) in [5, 5.41) is 3.23. The van der Waals surface area contributed by atoms with Crippen molar-refractivity contribution in [3.63, 3.8) is 0 Å². The quantitative estimate of drug-likeness (QED) is 0.784. The molecule has 80 valence electrons. The molecule has 3 nitrogen and oxygen atoms in total. The van der Waals surface area contributed by atoms with Gasteiger partial charge in [0.1, 0.15) is 0 Å². The number of rotatable bonds is 2. The summed E-state index contributed by atoms with van der Waals surface area (Å²) in [7, 11) is 1.83. The number of nitrogens with one attached hydrogen (secondary N) is 1. The van der Waals surface area contributed by atoms with Gasteiger partial charge in [0.15, 0.2) is 0 Å². The van der Waals surface area contributed by atoms with Crippen LogP contribution in [0.15, 0.2) is 30.3 Å². The number of amides is 1. The minimum Gasteiger partial charge on any atom is -0.332 e. The third-order valence-corrected chi connectivity index (χ3v) is 3.02. The molecule has 1 aromatic rings. The maximum Gasteiger partial charge on any atom is 0.241 e. The lowest BCUT2D eigenvalue weighted by Crippen LogP contribution is -2.33.